The molecule has 3 heteroatoms. The van der Waals surface area contributed by atoms with Gasteiger partial charge in [-0.05, 0) is 48.9 Å². The summed E-state index contributed by atoms with van der Waals surface area (Å²) in [5.74, 6) is -0.00921. The first kappa shape index (κ1) is 16.5. The number of nitrogens with zero attached hydrogens (tertiary/aromatic N) is 1. The molecule has 0 aliphatic rings. The lowest BCUT2D eigenvalue weighted by Gasteiger charge is -2.30. The average Bonchev–Trinajstić information content (AvgIpc) is 2.64. The van der Waals surface area contributed by atoms with Gasteiger partial charge in [0.1, 0.15) is 0 Å². The summed E-state index contributed by atoms with van der Waals surface area (Å²) in [7, 11) is 0. The Morgan fingerprint density at radius 2 is 1.38 bits per heavy atom. The molecule has 0 saturated heterocycles. The van der Waals surface area contributed by atoms with Gasteiger partial charge in [0, 0.05) is 15.7 Å². The minimum atomic E-state index is -0.0650. The van der Waals surface area contributed by atoms with Gasteiger partial charge in [0.05, 0.1) is 6.04 Å². The fourth-order valence-electron chi connectivity index (χ4n) is 2.72. The van der Waals surface area contributed by atoms with E-state index in [0.29, 0.717) is 5.56 Å². The number of para-hydroxylation sites is 1. The predicted octanol–water partition coefficient (Wildman–Crippen LogP) is 5.86. The molecule has 120 valence electrons. The summed E-state index contributed by atoms with van der Waals surface area (Å²) in [6.07, 6.45) is 0. The zero-order chi connectivity index (χ0) is 16.9. The molecule has 3 rings (SSSR count). The lowest BCUT2D eigenvalue weighted by molar-refractivity contribution is 0.0978. The molecular formula is C21H18BrNO. The Labute approximate surface area is 150 Å². The van der Waals surface area contributed by atoms with Crippen LogP contribution in [0.15, 0.2) is 89.4 Å². The van der Waals surface area contributed by atoms with Crippen molar-refractivity contribution in [1.29, 1.82) is 0 Å². The van der Waals surface area contributed by atoms with Gasteiger partial charge in [-0.25, -0.2) is 0 Å². The summed E-state index contributed by atoms with van der Waals surface area (Å²) in [4.78, 5) is 15.0. The van der Waals surface area contributed by atoms with Crippen LogP contribution in [0.3, 0.4) is 0 Å². The number of rotatable bonds is 4. The Morgan fingerprint density at radius 3 is 1.96 bits per heavy atom. The van der Waals surface area contributed by atoms with Crippen LogP contribution in [0, 0.1) is 0 Å². The number of amides is 1. The second-order valence-corrected chi connectivity index (χ2v) is 6.52. The highest BCUT2D eigenvalue weighted by molar-refractivity contribution is 9.10. The van der Waals surface area contributed by atoms with Crippen molar-refractivity contribution >= 4 is 27.5 Å². The maximum atomic E-state index is 13.2. The quantitative estimate of drug-likeness (QED) is 0.555. The minimum Gasteiger partial charge on any atom is -0.301 e. The summed E-state index contributed by atoms with van der Waals surface area (Å²) in [6.45, 7) is 2.05. The van der Waals surface area contributed by atoms with Gasteiger partial charge >= 0.3 is 0 Å². The number of benzene rings is 3. The Hall–Kier alpha value is -2.39. The third-order valence-electron chi connectivity index (χ3n) is 4.01. The van der Waals surface area contributed by atoms with Crippen LogP contribution in [-0.4, -0.2) is 5.91 Å². The first-order valence-electron chi connectivity index (χ1n) is 7.86. The van der Waals surface area contributed by atoms with Crippen molar-refractivity contribution in [2.75, 3.05) is 4.90 Å². The van der Waals surface area contributed by atoms with Crippen LogP contribution in [0.5, 0.6) is 0 Å². The fraction of sp³-hybridized carbons (Fsp3) is 0.0952. The normalized spacial score (nSPS) is 11.8. The van der Waals surface area contributed by atoms with E-state index in [0.717, 1.165) is 15.7 Å². The largest absolute Gasteiger partial charge is 0.301 e. The average molecular weight is 380 g/mol. The van der Waals surface area contributed by atoms with Crippen LogP contribution >= 0.6 is 15.9 Å². The van der Waals surface area contributed by atoms with E-state index < -0.39 is 0 Å². The second-order valence-electron chi connectivity index (χ2n) is 5.60. The van der Waals surface area contributed by atoms with Crippen molar-refractivity contribution < 1.29 is 4.79 Å². The molecule has 0 spiro atoms. The van der Waals surface area contributed by atoms with E-state index in [1.54, 1.807) is 0 Å². The number of halogens is 1. The molecule has 3 aromatic rings. The molecule has 0 saturated carbocycles. The molecule has 0 heterocycles. The molecule has 0 N–H and O–H groups in total. The summed E-state index contributed by atoms with van der Waals surface area (Å²) < 4.78 is 0.960. The van der Waals surface area contributed by atoms with E-state index in [4.69, 9.17) is 0 Å². The molecule has 0 aliphatic carbocycles. The molecule has 1 atom stereocenters. The maximum Gasteiger partial charge on any atom is 0.258 e. The van der Waals surface area contributed by atoms with E-state index >= 15 is 0 Å². The van der Waals surface area contributed by atoms with E-state index in [-0.39, 0.29) is 11.9 Å². The summed E-state index contributed by atoms with van der Waals surface area (Å²) in [6, 6.07) is 27.3. The fourth-order valence-corrected chi connectivity index (χ4v) is 2.98. The lowest BCUT2D eigenvalue weighted by Crippen LogP contribution is -2.33. The Kier molecular flexibility index (Phi) is 5.11. The highest BCUT2D eigenvalue weighted by atomic mass is 79.9. The van der Waals surface area contributed by atoms with Crippen molar-refractivity contribution in [3.05, 3.63) is 101 Å². The predicted molar refractivity (Wildman–Crippen MR) is 102 cm³/mol. The zero-order valence-electron chi connectivity index (χ0n) is 13.4. The van der Waals surface area contributed by atoms with Crippen molar-refractivity contribution in [1.82, 2.24) is 0 Å². The molecule has 0 fully saturated rings. The van der Waals surface area contributed by atoms with Gasteiger partial charge in [-0.15, -0.1) is 0 Å². The van der Waals surface area contributed by atoms with E-state index in [1.807, 2.05) is 77.7 Å². The molecule has 3 aromatic carbocycles. The van der Waals surface area contributed by atoms with Crippen LogP contribution < -0.4 is 4.90 Å². The Morgan fingerprint density at radius 1 is 0.833 bits per heavy atom. The number of carbonyl (C=O) groups excluding carboxylic acids is 1. The number of hydrogen-bond donors (Lipinski definition) is 0. The van der Waals surface area contributed by atoms with E-state index in [1.165, 1.54) is 0 Å². The Bertz CT molecular complexity index is 800. The molecule has 0 radical (unpaired) electrons. The van der Waals surface area contributed by atoms with Gasteiger partial charge in [-0.1, -0.05) is 64.5 Å². The summed E-state index contributed by atoms with van der Waals surface area (Å²) in [5, 5.41) is 0. The van der Waals surface area contributed by atoms with Crippen LogP contribution in [0.2, 0.25) is 0 Å². The number of hydrogen-bond acceptors (Lipinski definition) is 1. The highest BCUT2D eigenvalue weighted by Crippen LogP contribution is 2.29. The summed E-state index contributed by atoms with van der Waals surface area (Å²) in [5.41, 5.74) is 2.67. The van der Waals surface area contributed by atoms with Crippen LogP contribution in [-0.2, 0) is 0 Å². The van der Waals surface area contributed by atoms with Gasteiger partial charge < -0.3 is 4.90 Å². The molecule has 1 amide bonds. The van der Waals surface area contributed by atoms with Crippen LogP contribution in [0.25, 0.3) is 0 Å². The van der Waals surface area contributed by atoms with Crippen molar-refractivity contribution in [3.63, 3.8) is 0 Å². The molecule has 0 aromatic heterocycles. The molecule has 2 nitrogen and oxygen atoms in total. The first-order chi connectivity index (χ1) is 11.7. The first-order valence-corrected chi connectivity index (χ1v) is 8.65. The monoisotopic (exact) mass is 379 g/mol. The molecule has 0 bridgehead atoms. The van der Waals surface area contributed by atoms with Crippen molar-refractivity contribution in [3.8, 4) is 0 Å². The standard InChI is InChI=1S/C21H18BrNO/c1-16(17-8-4-2-5-9-17)23(20-10-6-3-7-11-20)21(24)18-12-14-19(22)15-13-18/h2-16H,1H3/t16-/m0/s1. The molecular weight excluding hydrogens is 362 g/mol. The minimum absolute atomic E-state index is 0.00921. The van der Waals surface area contributed by atoms with Crippen molar-refractivity contribution in [2.24, 2.45) is 0 Å². The molecule has 0 unspecified atom stereocenters. The van der Waals surface area contributed by atoms with Gasteiger partial charge in [0.25, 0.3) is 5.91 Å². The van der Waals surface area contributed by atoms with Gasteiger partial charge in [0.2, 0.25) is 0 Å². The SMILES string of the molecule is C[C@@H](c1ccccc1)N(C(=O)c1ccc(Br)cc1)c1ccccc1. The van der Waals surface area contributed by atoms with Gasteiger partial charge in [-0.2, -0.15) is 0 Å². The van der Waals surface area contributed by atoms with Crippen LogP contribution in [0.4, 0.5) is 5.69 Å². The smallest absolute Gasteiger partial charge is 0.258 e. The highest BCUT2D eigenvalue weighted by Gasteiger charge is 2.24. The van der Waals surface area contributed by atoms with E-state index in [2.05, 4.69) is 35.0 Å². The van der Waals surface area contributed by atoms with Crippen LogP contribution in [0.1, 0.15) is 28.9 Å². The second kappa shape index (κ2) is 7.45. The lowest BCUT2D eigenvalue weighted by atomic mass is 10.0. The van der Waals surface area contributed by atoms with Gasteiger partial charge in [-0.3, -0.25) is 4.79 Å². The Balaban J connectivity index is 2.02. The molecule has 24 heavy (non-hydrogen) atoms. The van der Waals surface area contributed by atoms with Crippen molar-refractivity contribution in [2.45, 2.75) is 13.0 Å². The maximum absolute atomic E-state index is 13.2. The third kappa shape index (κ3) is 3.57. The third-order valence-corrected chi connectivity index (χ3v) is 4.54. The zero-order valence-corrected chi connectivity index (χ0v) is 15.0. The molecule has 0 aliphatic heterocycles. The van der Waals surface area contributed by atoms with E-state index in [9.17, 15) is 4.79 Å². The number of carbonyl (C=O) groups is 1. The summed E-state index contributed by atoms with van der Waals surface area (Å²) >= 11 is 3.42. The van der Waals surface area contributed by atoms with Gasteiger partial charge in [0.15, 0.2) is 0 Å². The topological polar surface area (TPSA) is 20.3 Å². The number of anilines is 1.